The number of thioether (sulfide) groups is 1. The van der Waals surface area contributed by atoms with E-state index >= 15 is 0 Å². The SMILES string of the molecule is CCCC(NC)C(CC)SC(C)C(C)C. The van der Waals surface area contributed by atoms with Crippen LogP contribution in [0.3, 0.4) is 0 Å². The Kier molecular flexibility index (Phi) is 8.64. The highest BCUT2D eigenvalue weighted by Crippen LogP contribution is 2.29. The molecule has 0 radical (unpaired) electrons. The Labute approximate surface area is 101 Å². The first kappa shape index (κ1) is 15.3. The molecule has 0 aliphatic heterocycles. The van der Waals surface area contributed by atoms with E-state index in [0.29, 0.717) is 6.04 Å². The normalized spacial score (nSPS) is 17.8. The first-order valence-electron chi connectivity index (χ1n) is 6.39. The van der Waals surface area contributed by atoms with Crippen LogP contribution < -0.4 is 5.32 Å². The van der Waals surface area contributed by atoms with E-state index in [1.54, 1.807) is 0 Å². The van der Waals surface area contributed by atoms with E-state index in [0.717, 1.165) is 16.4 Å². The Morgan fingerprint density at radius 1 is 1.13 bits per heavy atom. The minimum Gasteiger partial charge on any atom is -0.316 e. The molecule has 3 unspecified atom stereocenters. The third-order valence-electron chi connectivity index (χ3n) is 3.15. The summed E-state index contributed by atoms with van der Waals surface area (Å²) in [5.41, 5.74) is 0. The minimum absolute atomic E-state index is 0.686. The number of hydrogen-bond donors (Lipinski definition) is 1. The molecule has 0 aromatic heterocycles. The lowest BCUT2D eigenvalue weighted by atomic mass is 10.1. The maximum atomic E-state index is 3.48. The third-order valence-corrected chi connectivity index (χ3v) is 5.13. The molecule has 0 bridgehead atoms. The van der Waals surface area contributed by atoms with E-state index in [-0.39, 0.29) is 0 Å². The number of nitrogens with one attached hydrogen (secondary N) is 1. The van der Waals surface area contributed by atoms with Crippen LogP contribution in [-0.4, -0.2) is 23.6 Å². The van der Waals surface area contributed by atoms with Gasteiger partial charge in [0.05, 0.1) is 0 Å². The molecular formula is C13H29NS. The van der Waals surface area contributed by atoms with Crippen molar-refractivity contribution < 1.29 is 0 Å². The van der Waals surface area contributed by atoms with Crippen LogP contribution in [0.2, 0.25) is 0 Å². The van der Waals surface area contributed by atoms with Gasteiger partial charge in [-0.25, -0.2) is 0 Å². The fourth-order valence-electron chi connectivity index (χ4n) is 1.74. The third kappa shape index (κ3) is 5.82. The van der Waals surface area contributed by atoms with Gasteiger partial charge in [0.25, 0.3) is 0 Å². The van der Waals surface area contributed by atoms with Crippen LogP contribution in [0.4, 0.5) is 0 Å². The highest BCUT2D eigenvalue weighted by atomic mass is 32.2. The Morgan fingerprint density at radius 2 is 1.73 bits per heavy atom. The van der Waals surface area contributed by atoms with Gasteiger partial charge in [-0.3, -0.25) is 0 Å². The monoisotopic (exact) mass is 231 g/mol. The zero-order chi connectivity index (χ0) is 11.8. The van der Waals surface area contributed by atoms with Crippen molar-refractivity contribution in [3.8, 4) is 0 Å². The quantitative estimate of drug-likeness (QED) is 0.679. The van der Waals surface area contributed by atoms with E-state index in [9.17, 15) is 0 Å². The summed E-state index contributed by atoms with van der Waals surface area (Å²) in [6.07, 6.45) is 3.85. The molecule has 92 valence electrons. The summed E-state index contributed by atoms with van der Waals surface area (Å²) >= 11 is 2.16. The first-order chi connectivity index (χ1) is 7.06. The summed E-state index contributed by atoms with van der Waals surface area (Å²) in [5.74, 6) is 0.781. The molecule has 3 atom stereocenters. The van der Waals surface area contributed by atoms with Crippen LogP contribution in [0.25, 0.3) is 0 Å². The van der Waals surface area contributed by atoms with E-state index < -0.39 is 0 Å². The van der Waals surface area contributed by atoms with Crippen molar-refractivity contribution in [2.75, 3.05) is 7.05 Å². The molecule has 0 aromatic rings. The highest BCUT2D eigenvalue weighted by Gasteiger charge is 2.21. The van der Waals surface area contributed by atoms with Crippen LogP contribution in [0.15, 0.2) is 0 Å². The second kappa shape index (κ2) is 8.46. The molecule has 0 aromatic carbocycles. The zero-order valence-corrected chi connectivity index (χ0v) is 12.2. The van der Waals surface area contributed by atoms with Gasteiger partial charge in [0.15, 0.2) is 0 Å². The lowest BCUT2D eigenvalue weighted by molar-refractivity contribution is 0.487. The molecule has 0 aliphatic carbocycles. The standard InChI is InChI=1S/C13H29NS/c1-7-9-12(14-6)13(8-2)15-11(5)10(3)4/h10-14H,7-9H2,1-6H3. The minimum atomic E-state index is 0.686. The zero-order valence-electron chi connectivity index (χ0n) is 11.3. The van der Waals surface area contributed by atoms with Crippen LogP contribution >= 0.6 is 11.8 Å². The van der Waals surface area contributed by atoms with Crippen molar-refractivity contribution in [2.24, 2.45) is 5.92 Å². The Bertz CT molecular complexity index is 147. The molecular weight excluding hydrogens is 202 g/mol. The molecule has 0 saturated heterocycles. The van der Waals surface area contributed by atoms with Gasteiger partial charge in [0.2, 0.25) is 0 Å². The summed E-state index contributed by atoms with van der Waals surface area (Å²) in [7, 11) is 2.10. The van der Waals surface area contributed by atoms with Crippen LogP contribution in [0.5, 0.6) is 0 Å². The second-order valence-corrected chi connectivity index (χ2v) is 6.34. The summed E-state index contributed by atoms with van der Waals surface area (Å²) < 4.78 is 0. The topological polar surface area (TPSA) is 12.0 Å². The fraction of sp³-hybridized carbons (Fsp3) is 1.00. The van der Waals surface area contributed by atoms with Crippen LogP contribution in [0.1, 0.15) is 53.9 Å². The molecule has 2 heteroatoms. The number of hydrogen-bond acceptors (Lipinski definition) is 2. The van der Waals surface area contributed by atoms with E-state index in [1.807, 2.05) is 0 Å². The van der Waals surface area contributed by atoms with Gasteiger partial charge in [-0.2, -0.15) is 11.8 Å². The molecule has 15 heavy (non-hydrogen) atoms. The molecule has 1 nitrogen and oxygen atoms in total. The highest BCUT2D eigenvalue weighted by molar-refractivity contribution is 8.00. The van der Waals surface area contributed by atoms with Crippen molar-refractivity contribution in [3.05, 3.63) is 0 Å². The van der Waals surface area contributed by atoms with E-state index in [1.165, 1.54) is 19.3 Å². The smallest absolute Gasteiger partial charge is 0.0201 e. The Balaban J connectivity index is 4.19. The summed E-state index contributed by atoms with van der Waals surface area (Å²) in [5, 5.41) is 5.01. The Morgan fingerprint density at radius 3 is 2.07 bits per heavy atom. The maximum Gasteiger partial charge on any atom is 0.0201 e. The van der Waals surface area contributed by atoms with Crippen LogP contribution in [0, 0.1) is 5.92 Å². The van der Waals surface area contributed by atoms with Crippen molar-refractivity contribution in [1.29, 1.82) is 0 Å². The summed E-state index contributed by atoms with van der Waals surface area (Å²) in [4.78, 5) is 0. The largest absolute Gasteiger partial charge is 0.316 e. The molecule has 0 heterocycles. The maximum absolute atomic E-state index is 3.48. The van der Waals surface area contributed by atoms with Gasteiger partial charge < -0.3 is 5.32 Å². The molecule has 0 aliphatic rings. The van der Waals surface area contributed by atoms with Gasteiger partial charge in [-0.05, 0) is 25.8 Å². The summed E-state index contributed by atoms with van der Waals surface area (Å²) in [6.45, 7) is 11.6. The van der Waals surface area contributed by atoms with Gasteiger partial charge in [0.1, 0.15) is 0 Å². The molecule has 0 spiro atoms. The van der Waals surface area contributed by atoms with Crippen molar-refractivity contribution in [1.82, 2.24) is 5.32 Å². The lowest BCUT2D eigenvalue weighted by Gasteiger charge is -2.29. The molecule has 0 saturated carbocycles. The molecule has 0 fully saturated rings. The predicted molar refractivity (Wildman–Crippen MR) is 73.7 cm³/mol. The molecule has 0 rings (SSSR count). The van der Waals surface area contributed by atoms with Crippen molar-refractivity contribution in [2.45, 2.75) is 70.4 Å². The second-order valence-electron chi connectivity index (χ2n) is 4.72. The van der Waals surface area contributed by atoms with E-state index in [2.05, 4.69) is 58.7 Å². The average molecular weight is 231 g/mol. The Hall–Kier alpha value is 0.310. The van der Waals surface area contributed by atoms with Gasteiger partial charge in [-0.1, -0.05) is 41.0 Å². The number of rotatable bonds is 8. The van der Waals surface area contributed by atoms with E-state index in [4.69, 9.17) is 0 Å². The van der Waals surface area contributed by atoms with Gasteiger partial charge in [0, 0.05) is 16.5 Å². The fourth-order valence-corrected chi connectivity index (χ4v) is 3.26. The lowest BCUT2D eigenvalue weighted by Crippen LogP contribution is -2.36. The van der Waals surface area contributed by atoms with Gasteiger partial charge in [-0.15, -0.1) is 0 Å². The van der Waals surface area contributed by atoms with Crippen LogP contribution in [-0.2, 0) is 0 Å². The van der Waals surface area contributed by atoms with Crippen molar-refractivity contribution in [3.63, 3.8) is 0 Å². The molecule has 0 amide bonds. The van der Waals surface area contributed by atoms with Crippen molar-refractivity contribution >= 4 is 11.8 Å². The predicted octanol–water partition coefficient (Wildman–Crippen LogP) is 3.93. The average Bonchev–Trinajstić information content (AvgIpc) is 2.22. The molecule has 1 N–H and O–H groups in total. The summed E-state index contributed by atoms with van der Waals surface area (Å²) in [6, 6.07) is 0.686. The van der Waals surface area contributed by atoms with Gasteiger partial charge >= 0.3 is 0 Å². The first-order valence-corrected chi connectivity index (χ1v) is 7.33.